The molecule has 0 bridgehead atoms. The lowest BCUT2D eigenvalue weighted by atomic mass is 10.2. The maximum absolute atomic E-state index is 10.8. The van der Waals surface area contributed by atoms with Crippen molar-refractivity contribution in [2.75, 3.05) is 0 Å². The molecule has 1 atom stereocenters. The third-order valence-corrected chi connectivity index (χ3v) is 2.77. The summed E-state index contributed by atoms with van der Waals surface area (Å²) in [6, 6.07) is -0.738. The molecule has 0 radical (unpaired) electrons. The fourth-order valence-corrected chi connectivity index (χ4v) is 2.36. The molecule has 0 aromatic heterocycles. The molecule has 6 heteroatoms. The number of aliphatic carboxylic acids is 2. The number of carbonyl (C=O) groups is 2. The van der Waals surface area contributed by atoms with Crippen molar-refractivity contribution < 1.29 is 19.8 Å². The number of carboxylic acids is 2. The van der Waals surface area contributed by atoms with Gasteiger partial charge in [-0.2, -0.15) is 0 Å². The molecule has 14 heavy (non-hydrogen) atoms. The normalized spacial score (nSPS) is 13.6. The van der Waals surface area contributed by atoms with E-state index in [2.05, 4.69) is 4.98 Å². The fraction of sp³-hybridized carbons (Fsp3) is 0.750. The molecule has 1 unspecified atom stereocenters. The van der Waals surface area contributed by atoms with E-state index in [4.69, 9.17) is 10.2 Å². The lowest BCUT2D eigenvalue weighted by Gasteiger charge is -2.23. The van der Waals surface area contributed by atoms with Gasteiger partial charge in [-0.25, -0.2) is 0 Å². The number of nitrogens with one attached hydrogen (secondary N) is 1. The summed E-state index contributed by atoms with van der Waals surface area (Å²) in [6.07, 6.45) is 0.0172. The van der Waals surface area contributed by atoms with Crippen LogP contribution in [-0.2, 0) is 9.59 Å². The van der Waals surface area contributed by atoms with E-state index in [1.807, 2.05) is 19.6 Å². The van der Waals surface area contributed by atoms with Gasteiger partial charge in [0.15, 0.2) is 0 Å². The van der Waals surface area contributed by atoms with Gasteiger partial charge in [0.25, 0.3) is 0 Å². The van der Waals surface area contributed by atoms with Crippen LogP contribution < -0.4 is 4.98 Å². The second-order valence-electron chi connectivity index (χ2n) is 4.22. The highest BCUT2D eigenvalue weighted by atomic mass is 28.3. The lowest BCUT2D eigenvalue weighted by molar-refractivity contribution is -0.140. The number of hydrogen-bond acceptors (Lipinski definition) is 3. The van der Waals surface area contributed by atoms with Gasteiger partial charge >= 0.3 is 11.9 Å². The van der Waals surface area contributed by atoms with Gasteiger partial charge in [-0.05, 0) is 6.42 Å². The van der Waals surface area contributed by atoms with Crippen LogP contribution in [-0.4, -0.2) is 36.4 Å². The zero-order valence-electron chi connectivity index (χ0n) is 8.70. The summed E-state index contributed by atoms with van der Waals surface area (Å²) in [7, 11) is -1.68. The molecule has 0 spiro atoms. The standard InChI is InChI=1S/C8H17NO4Si/c1-14(2,3)9-6(8(12)13)4-5-7(10)11/h6,9H,4-5H2,1-3H3,(H,10,11)(H,12,13). The Hall–Kier alpha value is -0.883. The van der Waals surface area contributed by atoms with E-state index in [-0.39, 0.29) is 12.8 Å². The minimum absolute atomic E-state index is 0.117. The average molecular weight is 219 g/mol. The molecule has 82 valence electrons. The number of rotatable bonds is 6. The van der Waals surface area contributed by atoms with Crippen LogP contribution >= 0.6 is 0 Å². The van der Waals surface area contributed by atoms with Crippen molar-refractivity contribution in [2.45, 2.75) is 38.5 Å². The highest BCUT2D eigenvalue weighted by Gasteiger charge is 2.24. The van der Waals surface area contributed by atoms with Crippen molar-refractivity contribution in [1.29, 1.82) is 0 Å². The largest absolute Gasteiger partial charge is 0.481 e. The van der Waals surface area contributed by atoms with E-state index in [1.165, 1.54) is 0 Å². The summed E-state index contributed by atoms with van der Waals surface area (Å²) in [5.74, 6) is -1.94. The third-order valence-electron chi connectivity index (χ3n) is 1.55. The Morgan fingerprint density at radius 2 is 1.79 bits per heavy atom. The summed E-state index contributed by atoms with van der Waals surface area (Å²) in [4.78, 5) is 24.0. The molecule has 0 saturated heterocycles. The monoisotopic (exact) mass is 219 g/mol. The van der Waals surface area contributed by atoms with E-state index in [0.717, 1.165) is 0 Å². The van der Waals surface area contributed by atoms with Gasteiger partial charge in [-0.1, -0.05) is 19.6 Å². The number of hydrogen-bond donors (Lipinski definition) is 3. The Morgan fingerprint density at radius 1 is 1.29 bits per heavy atom. The molecular weight excluding hydrogens is 202 g/mol. The first-order chi connectivity index (χ1) is 6.22. The van der Waals surface area contributed by atoms with E-state index in [0.29, 0.717) is 0 Å². The van der Waals surface area contributed by atoms with Gasteiger partial charge in [0, 0.05) is 6.42 Å². The molecule has 0 aromatic carbocycles. The first-order valence-electron chi connectivity index (χ1n) is 4.44. The highest BCUT2D eigenvalue weighted by molar-refractivity contribution is 6.73. The molecule has 0 heterocycles. The van der Waals surface area contributed by atoms with E-state index < -0.39 is 26.2 Å². The maximum Gasteiger partial charge on any atom is 0.320 e. The minimum atomic E-state index is -1.68. The Kier molecular flexibility index (Phi) is 4.79. The molecule has 0 aromatic rings. The van der Waals surface area contributed by atoms with Gasteiger partial charge in [0.05, 0.1) is 0 Å². The quantitative estimate of drug-likeness (QED) is 0.573. The molecule has 0 saturated carbocycles. The van der Waals surface area contributed by atoms with Crippen LogP contribution in [0, 0.1) is 0 Å². The Morgan fingerprint density at radius 3 is 2.07 bits per heavy atom. The van der Waals surface area contributed by atoms with Gasteiger partial charge in [-0.15, -0.1) is 0 Å². The molecule has 3 N–H and O–H groups in total. The zero-order valence-corrected chi connectivity index (χ0v) is 9.70. The fourth-order valence-electron chi connectivity index (χ4n) is 1.05. The summed E-state index contributed by atoms with van der Waals surface area (Å²) in [6.45, 7) is 5.93. The second kappa shape index (κ2) is 5.11. The van der Waals surface area contributed by atoms with Crippen molar-refractivity contribution in [3.05, 3.63) is 0 Å². The smallest absolute Gasteiger partial charge is 0.320 e. The SMILES string of the molecule is C[Si](C)(C)NC(CCC(=O)O)C(=O)O. The Bertz CT molecular complexity index is 224. The molecule has 5 nitrogen and oxygen atoms in total. The molecule has 0 rings (SSSR count). The lowest BCUT2D eigenvalue weighted by Crippen LogP contribution is -2.51. The van der Waals surface area contributed by atoms with Gasteiger partial charge < -0.3 is 15.2 Å². The van der Waals surface area contributed by atoms with E-state index in [9.17, 15) is 9.59 Å². The predicted octanol–water partition coefficient (Wildman–Crippen LogP) is 0.729. The molecule has 0 aliphatic heterocycles. The van der Waals surface area contributed by atoms with Crippen molar-refractivity contribution in [3.63, 3.8) is 0 Å². The van der Waals surface area contributed by atoms with Gasteiger partial charge in [0.1, 0.15) is 14.3 Å². The highest BCUT2D eigenvalue weighted by Crippen LogP contribution is 2.03. The number of carboxylic acid groups (broad SMARTS) is 2. The zero-order chi connectivity index (χ0) is 11.4. The predicted molar refractivity (Wildman–Crippen MR) is 54.8 cm³/mol. The van der Waals surface area contributed by atoms with Crippen molar-refractivity contribution in [3.8, 4) is 0 Å². The average Bonchev–Trinajstić information content (AvgIpc) is 1.94. The summed E-state index contributed by atoms with van der Waals surface area (Å²) in [5.41, 5.74) is 0. The van der Waals surface area contributed by atoms with Gasteiger partial charge in [-0.3, -0.25) is 9.59 Å². The molecule has 0 aliphatic carbocycles. The Balaban J connectivity index is 4.17. The molecular formula is C8H17NO4Si. The van der Waals surface area contributed by atoms with Crippen LogP contribution in [0.1, 0.15) is 12.8 Å². The van der Waals surface area contributed by atoms with E-state index in [1.54, 1.807) is 0 Å². The summed E-state index contributed by atoms with van der Waals surface area (Å²) in [5, 5.41) is 17.2. The second-order valence-corrected chi connectivity index (χ2v) is 9.01. The molecule has 0 aliphatic rings. The van der Waals surface area contributed by atoms with Crippen LogP contribution in [0.15, 0.2) is 0 Å². The third kappa shape index (κ3) is 6.61. The summed E-state index contributed by atoms with van der Waals surface area (Å²) >= 11 is 0. The van der Waals surface area contributed by atoms with Crippen LogP contribution in [0.4, 0.5) is 0 Å². The first-order valence-corrected chi connectivity index (χ1v) is 7.94. The molecule has 0 fully saturated rings. The topological polar surface area (TPSA) is 86.6 Å². The van der Waals surface area contributed by atoms with Crippen LogP contribution in [0.5, 0.6) is 0 Å². The Labute approximate surface area is 84.2 Å². The van der Waals surface area contributed by atoms with Crippen LogP contribution in [0.25, 0.3) is 0 Å². The van der Waals surface area contributed by atoms with Crippen molar-refractivity contribution in [1.82, 2.24) is 4.98 Å². The van der Waals surface area contributed by atoms with Gasteiger partial charge in [0.2, 0.25) is 0 Å². The van der Waals surface area contributed by atoms with Crippen molar-refractivity contribution >= 4 is 20.2 Å². The maximum atomic E-state index is 10.8. The first kappa shape index (κ1) is 13.1. The van der Waals surface area contributed by atoms with Crippen LogP contribution in [0.3, 0.4) is 0 Å². The van der Waals surface area contributed by atoms with Crippen LogP contribution in [0.2, 0.25) is 19.6 Å². The van der Waals surface area contributed by atoms with Crippen molar-refractivity contribution in [2.24, 2.45) is 0 Å². The van der Waals surface area contributed by atoms with E-state index >= 15 is 0 Å². The minimum Gasteiger partial charge on any atom is -0.481 e. The summed E-state index contributed by atoms with van der Waals surface area (Å²) < 4.78 is 0. The molecule has 0 amide bonds.